The van der Waals surface area contributed by atoms with Gasteiger partial charge in [0.1, 0.15) is 11.5 Å². The Morgan fingerprint density at radius 3 is 2.43 bits per heavy atom. The van der Waals surface area contributed by atoms with Crippen molar-refractivity contribution in [3.05, 3.63) is 23.8 Å². The number of amides is 1. The van der Waals surface area contributed by atoms with Gasteiger partial charge in [0.15, 0.2) is 5.11 Å². The van der Waals surface area contributed by atoms with Gasteiger partial charge in [-0.15, -0.1) is 5.10 Å². The molecule has 0 radical (unpaired) electrons. The number of methoxy groups -OCH3 is 2. The van der Waals surface area contributed by atoms with Crippen molar-refractivity contribution in [1.82, 2.24) is 25.5 Å². The predicted molar refractivity (Wildman–Crippen MR) is 86.7 cm³/mol. The number of aryl methyl sites for hydroxylation is 1. The average molecular weight is 336 g/mol. The first-order valence-electron chi connectivity index (χ1n) is 6.69. The fraction of sp³-hybridized carbons (Fsp3) is 0.308. The van der Waals surface area contributed by atoms with Crippen LogP contribution in [-0.2, 0) is 6.54 Å². The highest BCUT2D eigenvalue weighted by Crippen LogP contribution is 2.22. The molecule has 1 amide bonds. The van der Waals surface area contributed by atoms with Crippen molar-refractivity contribution in [3.8, 4) is 11.5 Å². The highest BCUT2D eigenvalue weighted by molar-refractivity contribution is 7.80. The number of carbonyl (C=O) groups excluding carboxylic acids is 1. The minimum Gasteiger partial charge on any atom is -0.497 e. The van der Waals surface area contributed by atoms with E-state index >= 15 is 0 Å². The van der Waals surface area contributed by atoms with Crippen molar-refractivity contribution in [2.45, 2.75) is 13.5 Å². The van der Waals surface area contributed by atoms with Gasteiger partial charge in [-0.05, 0) is 36.5 Å². The van der Waals surface area contributed by atoms with E-state index in [0.29, 0.717) is 23.6 Å². The molecule has 0 spiro atoms. The van der Waals surface area contributed by atoms with Crippen molar-refractivity contribution in [1.29, 1.82) is 0 Å². The number of benzene rings is 1. The van der Waals surface area contributed by atoms with Crippen LogP contribution < -0.4 is 20.1 Å². The lowest BCUT2D eigenvalue weighted by molar-refractivity contribution is 0.0977. The summed E-state index contributed by atoms with van der Waals surface area (Å²) in [6.45, 7) is 2.46. The molecular weight excluding hydrogens is 320 g/mol. The number of nitrogens with zero attached hydrogens (tertiary/aromatic N) is 4. The molecular formula is C13H16N6O3S. The summed E-state index contributed by atoms with van der Waals surface area (Å²) in [5.74, 6) is 0.796. The lowest BCUT2D eigenvalue weighted by Crippen LogP contribution is -2.34. The van der Waals surface area contributed by atoms with E-state index in [1.807, 2.05) is 6.92 Å². The maximum Gasteiger partial charge on any atom is 0.269 e. The SMILES string of the molecule is CCn1nnc(NC(=S)NC(=O)c2cc(OC)cc(OC)c2)n1. The highest BCUT2D eigenvalue weighted by Gasteiger charge is 2.12. The lowest BCUT2D eigenvalue weighted by Gasteiger charge is -2.09. The van der Waals surface area contributed by atoms with Gasteiger partial charge >= 0.3 is 0 Å². The first-order valence-corrected chi connectivity index (χ1v) is 7.09. The summed E-state index contributed by atoms with van der Waals surface area (Å²) < 4.78 is 10.2. The number of aromatic nitrogens is 4. The molecule has 0 aliphatic rings. The fourth-order valence-corrected chi connectivity index (χ4v) is 1.86. The summed E-state index contributed by atoms with van der Waals surface area (Å²) in [4.78, 5) is 13.6. The molecule has 9 nitrogen and oxygen atoms in total. The van der Waals surface area contributed by atoms with E-state index in [4.69, 9.17) is 21.7 Å². The van der Waals surface area contributed by atoms with Gasteiger partial charge in [0.05, 0.1) is 20.8 Å². The van der Waals surface area contributed by atoms with Gasteiger partial charge in [-0.1, -0.05) is 5.10 Å². The number of tetrazole rings is 1. The Kier molecular flexibility index (Phi) is 5.41. The maximum atomic E-state index is 12.2. The molecule has 0 aliphatic heterocycles. The molecule has 2 rings (SSSR count). The van der Waals surface area contributed by atoms with E-state index in [9.17, 15) is 4.79 Å². The summed E-state index contributed by atoms with van der Waals surface area (Å²) in [5.41, 5.74) is 0.343. The van der Waals surface area contributed by atoms with Gasteiger partial charge < -0.3 is 9.47 Å². The van der Waals surface area contributed by atoms with Gasteiger partial charge in [0.25, 0.3) is 11.9 Å². The van der Waals surface area contributed by atoms with Crippen molar-refractivity contribution < 1.29 is 14.3 Å². The highest BCUT2D eigenvalue weighted by atomic mass is 32.1. The minimum absolute atomic E-state index is 0.0624. The molecule has 122 valence electrons. The number of anilines is 1. The van der Waals surface area contributed by atoms with Crippen molar-refractivity contribution in [2.24, 2.45) is 0 Å². The van der Waals surface area contributed by atoms with Crippen LogP contribution in [0.3, 0.4) is 0 Å². The molecule has 0 saturated heterocycles. The Morgan fingerprint density at radius 2 is 1.91 bits per heavy atom. The average Bonchev–Trinajstić information content (AvgIpc) is 3.01. The van der Waals surface area contributed by atoms with E-state index in [-0.39, 0.29) is 11.1 Å². The first-order chi connectivity index (χ1) is 11.0. The van der Waals surface area contributed by atoms with Crippen LogP contribution in [0.4, 0.5) is 5.95 Å². The van der Waals surface area contributed by atoms with Crippen LogP contribution >= 0.6 is 12.2 Å². The zero-order chi connectivity index (χ0) is 16.8. The van der Waals surface area contributed by atoms with E-state index in [0.717, 1.165) is 0 Å². The van der Waals surface area contributed by atoms with Gasteiger partial charge in [-0.3, -0.25) is 15.4 Å². The largest absolute Gasteiger partial charge is 0.497 e. The molecule has 1 aromatic carbocycles. The number of ether oxygens (including phenoxy) is 2. The van der Waals surface area contributed by atoms with Crippen molar-refractivity contribution in [3.63, 3.8) is 0 Å². The van der Waals surface area contributed by atoms with E-state index in [1.165, 1.54) is 19.0 Å². The third-order valence-corrected chi connectivity index (χ3v) is 3.01. The number of carbonyl (C=O) groups is 1. The van der Waals surface area contributed by atoms with E-state index in [2.05, 4.69) is 26.0 Å². The van der Waals surface area contributed by atoms with Crippen molar-refractivity contribution in [2.75, 3.05) is 19.5 Å². The third-order valence-electron chi connectivity index (χ3n) is 2.80. The van der Waals surface area contributed by atoms with Gasteiger partial charge in [0.2, 0.25) is 0 Å². The Morgan fingerprint density at radius 1 is 1.26 bits per heavy atom. The standard InChI is InChI=1S/C13H16N6O3S/c1-4-19-17-12(16-18-19)15-13(23)14-11(20)8-5-9(21-2)7-10(6-8)22-3/h5-7H,4H2,1-3H3,(H2,14,15,17,20,23). The summed E-state index contributed by atoms with van der Waals surface area (Å²) in [5, 5.41) is 16.8. The van der Waals surface area contributed by atoms with E-state index in [1.54, 1.807) is 18.2 Å². The maximum absolute atomic E-state index is 12.2. The predicted octanol–water partition coefficient (Wildman–Crippen LogP) is 0.837. The second kappa shape index (κ2) is 7.49. The van der Waals surface area contributed by atoms with Crippen LogP contribution in [0.15, 0.2) is 18.2 Å². The number of rotatable bonds is 5. The van der Waals surface area contributed by atoms with Gasteiger partial charge in [0, 0.05) is 11.6 Å². The quantitative estimate of drug-likeness (QED) is 0.774. The summed E-state index contributed by atoms with van der Waals surface area (Å²) >= 11 is 5.06. The number of hydrogen-bond acceptors (Lipinski definition) is 7. The number of thiocarbonyl (C=S) groups is 1. The summed E-state index contributed by atoms with van der Waals surface area (Å²) in [7, 11) is 3.01. The molecule has 0 fully saturated rings. The number of hydrogen-bond donors (Lipinski definition) is 2. The first kappa shape index (κ1) is 16.6. The molecule has 0 atom stereocenters. The van der Waals surface area contributed by atoms with Crippen LogP contribution in [0, 0.1) is 0 Å². The van der Waals surface area contributed by atoms with Gasteiger partial charge in [-0.2, -0.15) is 4.80 Å². The van der Waals surface area contributed by atoms with Crippen LogP contribution in [-0.4, -0.2) is 45.4 Å². The zero-order valence-electron chi connectivity index (χ0n) is 12.9. The molecule has 1 aromatic heterocycles. The summed E-state index contributed by atoms with van der Waals surface area (Å²) in [6, 6.07) is 4.82. The monoisotopic (exact) mass is 336 g/mol. The van der Waals surface area contributed by atoms with Crippen molar-refractivity contribution >= 4 is 29.2 Å². The smallest absolute Gasteiger partial charge is 0.269 e. The van der Waals surface area contributed by atoms with Crippen LogP contribution in [0.25, 0.3) is 0 Å². The Hall–Kier alpha value is -2.75. The van der Waals surface area contributed by atoms with Crippen LogP contribution in [0.2, 0.25) is 0 Å². The lowest BCUT2D eigenvalue weighted by atomic mass is 10.2. The van der Waals surface area contributed by atoms with Crippen LogP contribution in [0.1, 0.15) is 17.3 Å². The molecule has 0 bridgehead atoms. The third kappa shape index (κ3) is 4.36. The Bertz CT molecular complexity index is 695. The Balaban J connectivity index is 2.04. The second-order valence-electron chi connectivity index (χ2n) is 4.31. The van der Waals surface area contributed by atoms with E-state index < -0.39 is 5.91 Å². The molecule has 0 aliphatic carbocycles. The molecule has 2 N–H and O–H groups in total. The Labute approximate surface area is 138 Å². The fourth-order valence-electron chi connectivity index (χ4n) is 1.67. The summed E-state index contributed by atoms with van der Waals surface area (Å²) in [6.07, 6.45) is 0. The normalized spacial score (nSPS) is 10.0. The van der Waals surface area contributed by atoms with Gasteiger partial charge in [-0.25, -0.2) is 0 Å². The molecule has 10 heteroatoms. The molecule has 0 unspecified atom stereocenters. The topological polar surface area (TPSA) is 103 Å². The molecule has 23 heavy (non-hydrogen) atoms. The second-order valence-corrected chi connectivity index (χ2v) is 4.72. The molecule has 2 aromatic rings. The zero-order valence-corrected chi connectivity index (χ0v) is 13.7. The minimum atomic E-state index is -0.414. The molecule has 0 saturated carbocycles. The molecule has 1 heterocycles. The number of nitrogens with one attached hydrogen (secondary N) is 2. The van der Waals surface area contributed by atoms with Crippen LogP contribution in [0.5, 0.6) is 11.5 Å².